The minimum Gasteiger partial charge on any atom is -0.369 e. The maximum absolute atomic E-state index is 12.5. The third-order valence-corrected chi connectivity index (χ3v) is 5.18. The number of amides is 1. The molecule has 1 saturated heterocycles. The molecule has 3 aromatic heterocycles. The summed E-state index contributed by atoms with van der Waals surface area (Å²) in [5.74, 6) is 1.67. The molecule has 1 aliphatic heterocycles. The van der Waals surface area contributed by atoms with Gasteiger partial charge in [-0.15, -0.1) is 11.3 Å². The van der Waals surface area contributed by atoms with Gasteiger partial charge in [0, 0.05) is 51.5 Å². The molecule has 0 atom stereocenters. The maximum atomic E-state index is 12.5. The lowest BCUT2D eigenvalue weighted by molar-refractivity contribution is -0.131. The Labute approximate surface area is 154 Å². The SMILES string of the molecule is O=C(CCNc1ncnc2sccc12)N1CCN(c2ncccn2)CC1. The molecule has 4 rings (SSSR count). The van der Waals surface area contributed by atoms with Gasteiger partial charge in [0.1, 0.15) is 17.0 Å². The van der Waals surface area contributed by atoms with E-state index in [1.807, 2.05) is 16.3 Å². The standard InChI is InChI=1S/C17H19N7OS/c25-14(2-6-18-15-13-3-11-26-16(13)22-12-21-15)23-7-9-24(10-8-23)17-19-4-1-5-20-17/h1,3-5,11-12H,2,6-10H2,(H,18,21,22). The second-order valence-electron chi connectivity index (χ2n) is 5.96. The quantitative estimate of drug-likeness (QED) is 0.731. The topological polar surface area (TPSA) is 87.1 Å². The van der Waals surface area contributed by atoms with Crippen LogP contribution in [0.4, 0.5) is 11.8 Å². The van der Waals surface area contributed by atoms with Gasteiger partial charge in [0.05, 0.1) is 5.39 Å². The number of rotatable bonds is 5. The number of carbonyl (C=O) groups is 1. The van der Waals surface area contributed by atoms with Crippen LogP contribution in [0.25, 0.3) is 10.2 Å². The van der Waals surface area contributed by atoms with Gasteiger partial charge >= 0.3 is 0 Å². The van der Waals surface area contributed by atoms with Gasteiger partial charge in [-0.25, -0.2) is 19.9 Å². The molecule has 8 nitrogen and oxygen atoms in total. The Morgan fingerprint density at radius 1 is 1.12 bits per heavy atom. The van der Waals surface area contributed by atoms with Gasteiger partial charge in [0.15, 0.2) is 0 Å². The van der Waals surface area contributed by atoms with Gasteiger partial charge < -0.3 is 15.1 Å². The Hall–Kier alpha value is -2.81. The normalized spacial score (nSPS) is 14.6. The molecule has 1 N–H and O–H groups in total. The molecule has 0 radical (unpaired) electrons. The van der Waals surface area contributed by atoms with E-state index in [0.717, 1.165) is 35.1 Å². The number of thiophene rings is 1. The number of anilines is 2. The highest BCUT2D eigenvalue weighted by Crippen LogP contribution is 2.23. The van der Waals surface area contributed by atoms with Crippen molar-refractivity contribution in [1.29, 1.82) is 0 Å². The number of hydrogen-bond acceptors (Lipinski definition) is 8. The van der Waals surface area contributed by atoms with E-state index >= 15 is 0 Å². The Kier molecular flexibility index (Phi) is 4.87. The zero-order valence-electron chi connectivity index (χ0n) is 14.2. The number of piperazine rings is 1. The van der Waals surface area contributed by atoms with E-state index in [9.17, 15) is 4.79 Å². The molecular weight excluding hydrogens is 350 g/mol. The summed E-state index contributed by atoms with van der Waals surface area (Å²) in [5.41, 5.74) is 0. The van der Waals surface area contributed by atoms with E-state index < -0.39 is 0 Å². The summed E-state index contributed by atoms with van der Waals surface area (Å²) >= 11 is 1.58. The summed E-state index contributed by atoms with van der Waals surface area (Å²) in [6, 6.07) is 3.80. The van der Waals surface area contributed by atoms with Crippen LogP contribution in [0.5, 0.6) is 0 Å². The molecule has 3 aromatic rings. The Morgan fingerprint density at radius 3 is 2.73 bits per heavy atom. The van der Waals surface area contributed by atoms with E-state index in [2.05, 4.69) is 30.2 Å². The van der Waals surface area contributed by atoms with Crippen molar-refractivity contribution in [2.75, 3.05) is 42.9 Å². The molecule has 0 aromatic carbocycles. The second kappa shape index (κ2) is 7.61. The van der Waals surface area contributed by atoms with Gasteiger partial charge in [-0.2, -0.15) is 0 Å². The molecule has 0 unspecified atom stereocenters. The number of aromatic nitrogens is 4. The summed E-state index contributed by atoms with van der Waals surface area (Å²) in [6.07, 6.45) is 5.47. The summed E-state index contributed by atoms with van der Waals surface area (Å²) in [6.45, 7) is 3.46. The van der Waals surface area contributed by atoms with E-state index in [0.29, 0.717) is 26.1 Å². The largest absolute Gasteiger partial charge is 0.369 e. The monoisotopic (exact) mass is 369 g/mol. The molecule has 0 bridgehead atoms. The van der Waals surface area contributed by atoms with Crippen molar-refractivity contribution >= 4 is 39.2 Å². The summed E-state index contributed by atoms with van der Waals surface area (Å²) in [5, 5.41) is 6.25. The van der Waals surface area contributed by atoms with Crippen molar-refractivity contribution in [2.45, 2.75) is 6.42 Å². The van der Waals surface area contributed by atoms with Crippen LogP contribution < -0.4 is 10.2 Å². The first-order chi connectivity index (χ1) is 12.8. The van der Waals surface area contributed by atoms with E-state index in [-0.39, 0.29) is 5.91 Å². The first kappa shape index (κ1) is 16.6. The smallest absolute Gasteiger partial charge is 0.225 e. The molecule has 26 heavy (non-hydrogen) atoms. The zero-order valence-corrected chi connectivity index (χ0v) is 15.0. The first-order valence-corrected chi connectivity index (χ1v) is 9.41. The molecule has 0 aliphatic carbocycles. The number of hydrogen-bond donors (Lipinski definition) is 1. The first-order valence-electron chi connectivity index (χ1n) is 8.53. The molecule has 4 heterocycles. The molecule has 134 valence electrons. The van der Waals surface area contributed by atoms with Crippen molar-refractivity contribution in [1.82, 2.24) is 24.8 Å². The number of fused-ring (bicyclic) bond motifs is 1. The summed E-state index contributed by atoms with van der Waals surface area (Å²) in [4.78, 5) is 34.4. The molecule has 1 amide bonds. The lowest BCUT2D eigenvalue weighted by Gasteiger charge is -2.34. The average molecular weight is 369 g/mol. The van der Waals surface area contributed by atoms with Crippen molar-refractivity contribution in [3.8, 4) is 0 Å². The van der Waals surface area contributed by atoms with Crippen molar-refractivity contribution in [3.63, 3.8) is 0 Å². The summed E-state index contributed by atoms with van der Waals surface area (Å²) in [7, 11) is 0. The molecule has 1 fully saturated rings. The fourth-order valence-electron chi connectivity index (χ4n) is 2.99. The van der Waals surface area contributed by atoms with Crippen LogP contribution in [-0.4, -0.2) is 63.5 Å². The predicted octanol–water partition coefficient (Wildman–Crippen LogP) is 1.63. The fourth-order valence-corrected chi connectivity index (χ4v) is 3.72. The highest BCUT2D eigenvalue weighted by Gasteiger charge is 2.22. The maximum Gasteiger partial charge on any atom is 0.225 e. The number of nitrogens with zero attached hydrogens (tertiary/aromatic N) is 6. The average Bonchev–Trinajstić information content (AvgIpc) is 3.18. The van der Waals surface area contributed by atoms with E-state index in [1.54, 1.807) is 36.1 Å². The fraction of sp³-hybridized carbons (Fsp3) is 0.353. The van der Waals surface area contributed by atoms with Crippen LogP contribution in [0, 0.1) is 0 Å². The lowest BCUT2D eigenvalue weighted by atomic mass is 10.2. The predicted molar refractivity (Wildman–Crippen MR) is 101 cm³/mol. The van der Waals surface area contributed by atoms with Crippen molar-refractivity contribution < 1.29 is 4.79 Å². The van der Waals surface area contributed by atoms with Gasteiger partial charge in [-0.1, -0.05) is 0 Å². The van der Waals surface area contributed by atoms with Crippen molar-refractivity contribution in [3.05, 3.63) is 36.2 Å². The van der Waals surface area contributed by atoms with Crippen LogP contribution in [0.1, 0.15) is 6.42 Å². The molecule has 0 saturated carbocycles. The Morgan fingerprint density at radius 2 is 1.92 bits per heavy atom. The third-order valence-electron chi connectivity index (χ3n) is 4.36. The Balaban J connectivity index is 1.26. The molecule has 0 spiro atoms. The van der Waals surface area contributed by atoms with Crippen LogP contribution in [0.2, 0.25) is 0 Å². The highest BCUT2D eigenvalue weighted by atomic mass is 32.1. The Bertz CT molecular complexity index is 877. The molecule has 1 aliphatic rings. The minimum absolute atomic E-state index is 0.154. The second-order valence-corrected chi connectivity index (χ2v) is 6.85. The van der Waals surface area contributed by atoms with Crippen LogP contribution >= 0.6 is 11.3 Å². The lowest BCUT2D eigenvalue weighted by Crippen LogP contribution is -2.49. The van der Waals surface area contributed by atoms with E-state index in [4.69, 9.17) is 0 Å². The van der Waals surface area contributed by atoms with Crippen LogP contribution in [0.3, 0.4) is 0 Å². The van der Waals surface area contributed by atoms with Crippen LogP contribution in [0.15, 0.2) is 36.2 Å². The molecular formula is C17H19N7OS. The summed E-state index contributed by atoms with van der Waals surface area (Å²) < 4.78 is 0. The highest BCUT2D eigenvalue weighted by molar-refractivity contribution is 7.16. The van der Waals surface area contributed by atoms with Gasteiger partial charge in [-0.3, -0.25) is 4.79 Å². The van der Waals surface area contributed by atoms with Crippen molar-refractivity contribution in [2.24, 2.45) is 0 Å². The van der Waals surface area contributed by atoms with Gasteiger partial charge in [0.2, 0.25) is 11.9 Å². The van der Waals surface area contributed by atoms with Gasteiger partial charge in [-0.05, 0) is 17.5 Å². The zero-order chi connectivity index (χ0) is 17.8. The number of nitrogens with one attached hydrogen (secondary N) is 1. The van der Waals surface area contributed by atoms with E-state index in [1.165, 1.54) is 0 Å². The third kappa shape index (κ3) is 3.57. The number of carbonyl (C=O) groups excluding carboxylic acids is 1. The van der Waals surface area contributed by atoms with Gasteiger partial charge in [0.25, 0.3) is 0 Å². The minimum atomic E-state index is 0.154. The molecule has 9 heteroatoms. The van der Waals surface area contributed by atoms with Crippen LogP contribution in [-0.2, 0) is 4.79 Å².